The van der Waals surface area contributed by atoms with Gasteiger partial charge in [-0.25, -0.2) is 9.18 Å². The first-order chi connectivity index (χ1) is 12.2. The van der Waals surface area contributed by atoms with Gasteiger partial charge in [-0.15, -0.1) is 0 Å². The lowest BCUT2D eigenvalue weighted by atomic mass is 9.81. The van der Waals surface area contributed by atoms with Crippen molar-refractivity contribution in [2.24, 2.45) is 0 Å². The molecule has 4 rings (SSSR count). The Morgan fingerprint density at radius 2 is 1.52 bits per heavy atom. The topological polar surface area (TPSA) is 26.3 Å². The molecule has 0 fully saturated rings. The third kappa shape index (κ3) is 2.72. The van der Waals surface area contributed by atoms with E-state index in [1.807, 2.05) is 48.5 Å². The van der Waals surface area contributed by atoms with E-state index in [-0.39, 0.29) is 11.8 Å². The van der Waals surface area contributed by atoms with E-state index >= 15 is 0 Å². The van der Waals surface area contributed by atoms with Crippen LogP contribution in [0, 0.1) is 5.82 Å². The second-order valence-electron chi connectivity index (χ2n) is 6.25. The minimum Gasteiger partial charge on any atom is -0.446 e. The summed E-state index contributed by atoms with van der Waals surface area (Å²) in [6, 6.07) is 23.8. The zero-order valence-electron chi connectivity index (χ0n) is 13.6. The molecule has 0 N–H and O–H groups in total. The summed E-state index contributed by atoms with van der Waals surface area (Å²) in [7, 11) is 0. The fourth-order valence-electron chi connectivity index (χ4n) is 3.50. The Hall–Kier alpha value is -2.94. The Labute approximate surface area is 145 Å². The number of halogens is 1. The summed E-state index contributed by atoms with van der Waals surface area (Å²) >= 11 is 0. The highest BCUT2D eigenvalue weighted by atomic mass is 19.1. The predicted octanol–water partition coefficient (Wildman–Crippen LogP) is 4.87. The molecule has 1 aliphatic rings. The van der Waals surface area contributed by atoms with E-state index in [4.69, 9.17) is 4.74 Å². The molecule has 3 aromatic rings. The first-order valence-corrected chi connectivity index (χ1v) is 8.32. The third-order valence-electron chi connectivity index (χ3n) is 4.77. The van der Waals surface area contributed by atoms with Gasteiger partial charge in [0.2, 0.25) is 0 Å². The maximum Gasteiger partial charge on any atom is 0.339 e. The van der Waals surface area contributed by atoms with Gasteiger partial charge in [0.25, 0.3) is 0 Å². The molecule has 3 heteroatoms. The van der Waals surface area contributed by atoms with Gasteiger partial charge in [-0.2, -0.15) is 0 Å². The van der Waals surface area contributed by atoms with Crippen LogP contribution in [0.4, 0.5) is 4.39 Å². The quantitative estimate of drug-likeness (QED) is 0.637. The highest BCUT2D eigenvalue weighted by molar-refractivity contribution is 5.95. The lowest BCUT2D eigenvalue weighted by Crippen LogP contribution is -2.28. The first-order valence-electron chi connectivity index (χ1n) is 8.32. The van der Waals surface area contributed by atoms with Gasteiger partial charge in [-0.1, -0.05) is 60.7 Å². The van der Waals surface area contributed by atoms with Gasteiger partial charge < -0.3 is 4.74 Å². The molecule has 1 atom stereocenters. The highest BCUT2D eigenvalue weighted by Crippen LogP contribution is 2.45. The number of ether oxygens (including phenoxy) is 1. The molecule has 124 valence electrons. The average molecular weight is 332 g/mol. The van der Waals surface area contributed by atoms with Crippen LogP contribution in [0.3, 0.4) is 0 Å². The fraction of sp³-hybridized carbons (Fsp3) is 0.136. The number of benzene rings is 3. The fourth-order valence-corrected chi connectivity index (χ4v) is 3.50. The normalized spacial score (nSPS) is 18.7. The number of cyclic esters (lactones) is 1. The van der Waals surface area contributed by atoms with E-state index in [0.717, 1.165) is 16.7 Å². The number of esters is 1. The van der Waals surface area contributed by atoms with E-state index in [9.17, 15) is 9.18 Å². The van der Waals surface area contributed by atoms with Crippen LogP contribution in [-0.2, 0) is 16.8 Å². The monoisotopic (exact) mass is 332 g/mol. The highest BCUT2D eigenvalue weighted by Gasteiger charge is 2.46. The molecular weight excluding hydrogens is 315 g/mol. The van der Waals surface area contributed by atoms with E-state index in [1.54, 1.807) is 18.2 Å². The molecule has 2 nitrogen and oxygen atoms in total. The van der Waals surface area contributed by atoms with Crippen LogP contribution < -0.4 is 0 Å². The van der Waals surface area contributed by atoms with Crippen LogP contribution in [0.1, 0.15) is 33.5 Å². The van der Waals surface area contributed by atoms with Gasteiger partial charge in [0.1, 0.15) is 5.82 Å². The molecule has 0 amide bonds. The maximum atomic E-state index is 13.1. The molecule has 0 aliphatic carbocycles. The summed E-state index contributed by atoms with van der Waals surface area (Å²) in [5, 5.41) is 0. The smallest absolute Gasteiger partial charge is 0.339 e. The van der Waals surface area contributed by atoms with Crippen LogP contribution >= 0.6 is 0 Å². The molecule has 0 spiro atoms. The zero-order chi connectivity index (χ0) is 17.3. The second-order valence-corrected chi connectivity index (χ2v) is 6.25. The van der Waals surface area contributed by atoms with Crippen molar-refractivity contribution in [3.05, 3.63) is 107 Å². The lowest BCUT2D eigenvalue weighted by molar-refractivity contribution is 0.00733. The van der Waals surface area contributed by atoms with Crippen LogP contribution in [-0.4, -0.2) is 5.97 Å². The number of carbonyl (C=O) groups is 1. The number of hydrogen-bond acceptors (Lipinski definition) is 2. The van der Waals surface area contributed by atoms with Crippen molar-refractivity contribution in [2.75, 3.05) is 0 Å². The molecule has 0 radical (unpaired) electrons. The van der Waals surface area contributed by atoms with Crippen molar-refractivity contribution >= 4 is 5.97 Å². The van der Waals surface area contributed by atoms with Gasteiger partial charge in [0, 0.05) is 11.1 Å². The maximum absolute atomic E-state index is 13.1. The summed E-state index contributed by atoms with van der Waals surface area (Å²) < 4.78 is 19.1. The molecule has 1 aliphatic heterocycles. The van der Waals surface area contributed by atoms with Gasteiger partial charge in [0.05, 0.1) is 5.56 Å². The summed E-state index contributed by atoms with van der Waals surface area (Å²) in [6.45, 7) is 0. The number of carbonyl (C=O) groups excluding carboxylic acids is 1. The lowest BCUT2D eigenvalue weighted by Gasteiger charge is -2.29. The first kappa shape index (κ1) is 15.6. The SMILES string of the molecule is O=C1OC(CCc2ccc(F)cc2)(c2ccccc2)c2ccccc21. The van der Waals surface area contributed by atoms with Gasteiger partial charge >= 0.3 is 5.97 Å². The van der Waals surface area contributed by atoms with Gasteiger partial charge in [-0.05, 0) is 36.6 Å². The summed E-state index contributed by atoms with van der Waals surface area (Å²) in [5.74, 6) is -0.544. The van der Waals surface area contributed by atoms with E-state index in [0.29, 0.717) is 18.4 Å². The summed E-state index contributed by atoms with van der Waals surface area (Å²) in [5.41, 5.74) is 2.68. The van der Waals surface area contributed by atoms with Gasteiger partial charge in [-0.3, -0.25) is 0 Å². The molecule has 25 heavy (non-hydrogen) atoms. The Bertz CT molecular complexity index is 903. The standard InChI is InChI=1S/C22H17FO2/c23-18-12-10-16(11-13-18)14-15-22(17-6-2-1-3-7-17)20-9-5-4-8-19(20)21(24)25-22/h1-13H,14-15H2. The molecular formula is C22H17FO2. The van der Waals surface area contributed by atoms with Crippen LogP contribution in [0.15, 0.2) is 78.9 Å². The Morgan fingerprint density at radius 1 is 0.840 bits per heavy atom. The molecule has 0 aromatic heterocycles. The Kier molecular flexibility index (Phi) is 3.85. The van der Waals surface area contributed by atoms with E-state index in [1.165, 1.54) is 12.1 Å². The van der Waals surface area contributed by atoms with Crippen LogP contribution in [0.5, 0.6) is 0 Å². The van der Waals surface area contributed by atoms with E-state index in [2.05, 4.69) is 0 Å². The number of rotatable bonds is 4. The Morgan fingerprint density at radius 3 is 2.28 bits per heavy atom. The molecule has 0 saturated heterocycles. The average Bonchev–Trinajstić information content (AvgIpc) is 2.96. The van der Waals surface area contributed by atoms with Crippen LogP contribution in [0.2, 0.25) is 0 Å². The zero-order valence-corrected chi connectivity index (χ0v) is 13.6. The Balaban J connectivity index is 1.76. The molecule has 1 unspecified atom stereocenters. The predicted molar refractivity (Wildman–Crippen MR) is 93.8 cm³/mol. The van der Waals surface area contributed by atoms with Gasteiger partial charge in [0.15, 0.2) is 5.60 Å². The third-order valence-corrected chi connectivity index (χ3v) is 4.77. The van der Waals surface area contributed by atoms with Crippen molar-refractivity contribution in [3.63, 3.8) is 0 Å². The molecule has 0 saturated carbocycles. The minimum atomic E-state index is -0.802. The van der Waals surface area contributed by atoms with Crippen molar-refractivity contribution in [1.29, 1.82) is 0 Å². The van der Waals surface area contributed by atoms with Crippen LogP contribution in [0.25, 0.3) is 0 Å². The van der Waals surface area contributed by atoms with Crippen molar-refractivity contribution < 1.29 is 13.9 Å². The number of hydrogen-bond donors (Lipinski definition) is 0. The summed E-state index contributed by atoms with van der Waals surface area (Å²) in [4.78, 5) is 12.4. The minimum absolute atomic E-state index is 0.251. The van der Waals surface area contributed by atoms with Crippen molar-refractivity contribution in [2.45, 2.75) is 18.4 Å². The molecule has 0 bridgehead atoms. The van der Waals surface area contributed by atoms with Crippen molar-refractivity contribution in [1.82, 2.24) is 0 Å². The summed E-state index contributed by atoms with van der Waals surface area (Å²) in [6.07, 6.45) is 1.28. The number of aryl methyl sites for hydroxylation is 1. The van der Waals surface area contributed by atoms with E-state index < -0.39 is 5.60 Å². The largest absolute Gasteiger partial charge is 0.446 e. The second kappa shape index (κ2) is 6.17. The van der Waals surface area contributed by atoms with Crippen molar-refractivity contribution in [3.8, 4) is 0 Å². The molecule has 1 heterocycles. The molecule has 3 aromatic carbocycles. The number of fused-ring (bicyclic) bond motifs is 1.